The van der Waals surface area contributed by atoms with Gasteiger partial charge in [-0.2, -0.15) is 0 Å². The zero-order valence-corrected chi connectivity index (χ0v) is 17.9. The van der Waals surface area contributed by atoms with E-state index in [1.165, 1.54) is 16.5 Å². The summed E-state index contributed by atoms with van der Waals surface area (Å²) in [6.07, 6.45) is 1.15. The monoisotopic (exact) mass is 408 g/mol. The van der Waals surface area contributed by atoms with Crippen LogP contribution < -0.4 is 11.1 Å². The molecule has 0 aromatic heterocycles. The fraction of sp³-hybridized carbons (Fsp3) is 0.417. The first-order valence-corrected chi connectivity index (χ1v) is 10.4. The van der Waals surface area contributed by atoms with Crippen molar-refractivity contribution in [3.63, 3.8) is 0 Å². The van der Waals surface area contributed by atoms with Crippen molar-refractivity contribution in [2.24, 2.45) is 22.1 Å². The molecule has 1 fully saturated rings. The maximum absolute atomic E-state index is 14.9. The third-order valence-corrected chi connectivity index (χ3v) is 6.95. The number of aliphatic imine (C=N–C) groups is 1. The summed E-state index contributed by atoms with van der Waals surface area (Å²) in [6, 6.07) is 15.5. The molecule has 5 nitrogen and oxygen atoms in total. The number of nitrogens with two attached hydrogens (primary N) is 1. The standard InChI is InChI=1S/C24H29FN4O/c1-23(2)21(30)29(4)22(26)28-24(23,3)19-13-17(10-11-20(19)25)27-14-16-12-18(16)15-8-6-5-7-9-15/h5-11,13,16,18,27H,12,14H2,1-4H3,(H2,26,28)/t16?,18-,24+/m0/s1. The first-order valence-electron chi connectivity index (χ1n) is 10.4. The number of nitrogens with zero attached hydrogens (tertiary/aromatic N) is 2. The van der Waals surface area contributed by atoms with E-state index in [0.717, 1.165) is 18.7 Å². The molecule has 1 amide bonds. The molecule has 4 rings (SSSR count). The second kappa shape index (κ2) is 7.11. The van der Waals surface area contributed by atoms with Gasteiger partial charge in [-0.1, -0.05) is 30.3 Å². The van der Waals surface area contributed by atoms with Gasteiger partial charge in [-0.05, 0) is 62.8 Å². The largest absolute Gasteiger partial charge is 0.385 e. The molecular formula is C24H29FN4O. The van der Waals surface area contributed by atoms with E-state index in [1.54, 1.807) is 40.0 Å². The van der Waals surface area contributed by atoms with Gasteiger partial charge in [0, 0.05) is 24.8 Å². The molecule has 0 saturated heterocycles. The number of hydrogen-bond donors (Lipinski definition) is 2. The van der Waals surface area contributed by atoms with E-state index in [0.29, 0.717) is 17.4 Å². The van der Waals surface area contributed by atoms with E-state index >= 15 is 0 Å². The topological polar surface area (TPSA) is 70.7 Å². The van der Waals surface area contributed by atoms with Crippen LogP contribution in [0.5, 0.6) is 0 Å². The quantitative estimate of drug-likeness (QED) is 0.783. The number of rotatable bonds is 5. The fourth-order valence-electron chi connectivity index (χ4n) is 4.41. The maximum Gasteiger partial charge on any atom is 0.237 e. The van der Waals surface area contributed by atoms with Gasteiger partial charge in [0.15, 0.2) is 5.96 Å². The van der Waals surface area contributed by atoms with Gasteiger partial charge in [0.2, 0.25) is 5.91 Å². The third kappa shape index (κ3) is 3.24. The van der Waals surface area contributed by atoms with E-state index in [4.69, 9.17) is 5.73 Å². The number of amides is 1. The Morgan fingerprint density at radius 2 is 1.90 bits per heavy atom. The summed E-state index contributed by atoms with van der Waals surface area (Å²) in [7, 11) is 1.59. The molecule has 1 unspecified atom stereocenters. The Labute approximate surface area is 177 Å². The summed E-state index contributed by atoms with van der Waals surface area (Å²) in [6.45, 7) is 6.17. The van der Waals surface area contributed by atoms with Gasteiger partial charge in [-0.3, -0.25) is 9.69 Å². The van der Waals surface area contributed by atoms with Crippen molar-refractivity contribution in [1.29, 1.82) is 0 Å². The molecule has 1 aliphatic heterocycles. The van der Waals surface area contributed by atoms with Crippen LogP contribution >= 0.6 is 0 Å². The molecule has 2 aromatic carbocycles. The number of anilines is 1. The average Bonchev–Trinajstić information content (AvgIpc) is 3.51. The molecule has 1 heterocycles. The van der Waals surface area contributed by atoms with Crippen LogP contribution in [-0.4, -0.2) is 30.4 Å². The number of guanidine groups is 1. The minimum Gasteiger partial charge on any atom is -0.385 e. The van der Waals surface area contributed by atoms with Crippen LogP contribution in [0, 0.1) is 17.2 Å². The number of benzene rings is 2. The van der Waals surface area contributed by atoms with Crippen molar-refractivity contribution in [2.45, 2.75) is 38.6 Å². The van der Waals surface area contributed by atoms with E-state index < -0.39 is 16.8 Å². The van der Waals surface area contributed by atoms with Crippen molar-refractivity contribution in [3.05, 3.63) is 65.5 Å². The Morgan fingerprint density at radius 1 is 1.20 bits per heavy atom. The van der Waals surface area contributed by atoms with Crippen LogP contribution in [-0.2, 0) is 10.3 Å². The predicted octanol–water partition coefficient (Wildman–Crippen LogP) is 4.07. The summed E-state index contributed by atoms with van der Waals surface area (Å²) in [4.78, 5) is 18.8. The second-order valence-electron chi connectivity index (χ2n) is 9.12. The van der Waals surface area contributed by atoms with Gasteiger partial charge < -0.3 is 11.1 Å². The van der Waals surface area contributed by atoms with E-state index in [2.05, 4.69) is 34.6 Å². The number of halogens is 1. The molecular weight excluding hydrogens is 379 g/mol. The summed E-state index contributed by atoms with van der Waals surface area (Å²) in [5.74, 6) is 0.665. The van der Waals surface area contributed by atoms with Gasteiger partial charge in [-0.25, -0.2) is 9.38 Å². The van der Waals surface area contributed by atoms with Crippen LogP contribution in [0.2, 0.25) is 0 Å². The highest BCUT2D eigenvalue weighted by atomic mass is 19.1. The Hall–Kier alpha value is -2.89. The van der Waals surface area contributed by atoms with Crippen molar-refractivity contribution >= 4 is 17.6 Å². The highest BCUT2D eigenvalue weighted by Gasteiger charge is 2.53. The lowest BCUT2D eigenvalue weighted by molar-refractivity contribution is -0.140. The molecule has 0 radical (unpaired) electrons. The molecule has 3 atom stereocenters. The van der Waals surface area contributed by atoms with Crippen molar-refractivity contribution in [1.82, 2.24) is 4.90 Å². The van der Waals surface area contributed by atoms with E-state index in [-0.39, 0.29) is 11.9 Å². The van der Waals surface area contributed by atoms with E-state index in [1.807, 2.05) is 6.07 Å². The zero-order chi connectivity index (χ0) is 21.7. The minimum absolute atomic E-state index is 0.100. The summed E-state index contributed by atoms with van der Waals surface area (Å²) >= 11 is 0. The van der Waals surface area contributed by atoms with E-state index in [9.17, 15) is 9.18 Å². The van der Waals surface area contributed by atoms with Gasteiger partial charge in [0.05, 0.1) is 5.41 Å². The first kappa shape index (κ1) is 20.4. The lowest BCUT2D eigenvalue weighted by Gasteiger charge is -2.46. The smallest absolute Gasteiger partial charge is 0.237 e. The second-order valence-corrected chi connectivity index (χ2v) is 9.12. The number of carbonyl (C=O) groups excluding carboxylic acids is 1. The fourth-order valence-corrected chi connectivity index (χ4v) is 4.41. The van der Waals surface area contributed by atoms with Crippen LogP contribution in [0.3, 0.4) is 0 Å². The first-order chi connectivity index (χ1) is 14.1. The van der Waals surface area contributed by atoms with Gasteiger partial charge in [-0.15, -0.1) is 0 Å². The Bertz CT molecular complexity index is 1000. The molecule has 3 N–H and O–H groups in total. The van der Waals surface area contributed by atoms with Gasteiger partial charge in [0.1, 0.15) is 11.4 Å². The van der Waals surface area contributed by atoms with Crippen molar-refractivity contribution < 1.29 is 9.18 Å². The van der Waals surface area contributed by atoms with Crippen LogP contribution in [0.25, 0.3) is 0 Å². The molecule has 2 aliphatic rings. The Kier molecular flexibility index (Phi) is 4.83. The third-order valence-electron chi connectivity index (χ3n) is 6.95. The molecule has 2 aromatic rings. The highest BCUT2D eigenvalue weighted by molar-refractivity contribution is 6.01. The molecule has 1 saturated carbocycles. The number of carbonyl (C=O) groups is 1. The molecule has 158 valence electrons. The SMILES string of the molecule is CN1C(=O)C(C)(C)[C@@](C)(c2cc(NCC3C[C@H]3c3ccccc3)ccc2F)N=C1N. The Morgan fingerprint density at radius 3 is 2.60 bits per heavy atom. The average molecular weight is 409 g/mol. The number of nitrogens with one attached hydrogen (secondary N) is 1. The normalized spacial score (nSPS) is 27.6. The molecule has 0 spiro atoms. The minimum atomic E-state index is -1.10. The van der Waals surface area contributed by atoms with Crippen LogP contribution in [0.15, 0.2) is 53.5 Å². The molecule has 6 heteroatoms. The lowest BCUT2D eigenvalue weighted by atomic mass is 9.67. The zero-order valence-electron chi connectivity index (χ0n) is 17.9. The summed E-state index contributed by atoms with van der Waals surface area (Å²) in [5, 5.41) is 3.45. The maximum atomic E-state index is 14.9. The van der Waals surface area contributed by atoms with Crippen LogP contribution in [0.1, 0.15) is 44.2 Å². The summed E-state index contributed by atoms with van der Waals surface area (Å²) in [5.41, 5.74) is 6.50. The van der Waals surface area contributed by atoms with Crippen LogP contribution in [0.4, 0.5) is 10.1 Å². The summed E-state index contributed by atoms with van der Waals surface area (Å²) < 4.78 is 14.9. The molecule has 1 aliphatic carbocycles. The molecule has 30 heavy (non-hydrogen) atoms. The molecule has 0 bridgehead atoms. The lowest BCUT2D eigenvalue weighted by Crippen LogP contribution is -2.58. The number of hydrogen-bond acceptors (Lipinski definition) is 4. The van der Waals surface area contributed by atoms with Gasteiger partial charge in [0.25, 0.3) is 0 Å². The Balaban J connectivity index is 1.56. The van der Waals surface area contributed by atoms with Crippen molar-refractivity contribution in [3.8, 4) is 0 Å². The van der Waals surface area contributed by atoms with Gasteiger partial charge >= 0.3 is 0 Å². The van der Waals surface area contributed by atoms with Crippen molar-refractivity contribution in [2.75, 3.05) is 18.9 Å². The highest BCUT2D eigenvalue weighted by Crippen LogP contribution is 2.49. The predicted molar refractivity (Wildman–Crippen MR) is 118 cm³/mol.